The molecule has 3 N–H and O–H groups in total. The molecule has 1 saturated heterocycles. The third-order valence-corrected chi connectivity index (χ3v) is 3.87. The molecule has 2 heterocycles. The van der Waals surface area contributed by atoms with Crippen LogP contribution >= 0.6 is 0 Å². The van der Waals surface area contributed by atoms with Crippen molar-refractivity contribution in [1.29, 1.82) is 0 Å². The molecule has 0 atom stereocenters. The maximum absolute atomic E-state index is 11.9. The molecular weight excluding hydrogens is 282 g/mol. The Labute approximate surface area is 128 Å². The van der Waals surface area contributed by atoms with Crippen LogP contribution in [0.25, 0.3) is 0 Å². The number of phenolic OH excluding ortho intramolecular Hbond substituents is 1. The first-order chi connectivity index (χ1) is 10.7. The summed E-state index contributed by atoms with van der Waals surface area (Å²) < 4.78 is 0. The van der Waals surface area contributed by atoms with Crippen LogP contribution in [0.5, 0.6) is 5.75 Å². The third-order valence-electron chi connectivity index (χ3n) is 3.87. The van der Waals surface area contributed by atoms with Crippen LogP contribution in [-0.4, -0.2) is 50.2 Å². The summed E-state index contributed by atoms with van der Waals surface area (Å²) in [7, 11) is 0. The summed E-state index contributed by atoms with van der Waals surface area (Å²) in [4.78, 5) is 18.1. The molecule has 2 aromatic rings. The van der Waals surface area contributed by atoms with Crippen LogP contribution in [0.4, 0.5) is 0 Å². The van der Waals surface area contributed by atoms with Crippen molar-refractivity contribution in [2.45, 2.75) is 25.4 Å². The number of nitrogens with zero attached hydrogens (tertiary/aromatic N) is 3. The number of phenols is 1. The van der Waals surface area contributed by atoms with Crippen LogP contribution < -0.4 is 5.32 Å². The van der Waals surface area contributed by atoms with Gasteiger partial charge in [-0.15, -0.1) is 0 Å². The maximum atomic E-state index is 11.9. The van der Waals surface area contributed by atoms with E-state index in [1.807, 2.05) is 12.1 Å². The fraction of sp³-hybridized carbons (Fsp3) is 0.400. The molecule has 22 heavy (non-hydrogen) atoms. The smallest absolute Gasteiger partial charge is 0.288 e. The predicted octanol–water partition coefficient (Wildman–Crippen LogP) is 0.905. The van der Waals surface area contributed by atoms with Crippen molar-refractivity contribution in [3.05, 3.63) is 42.0 Å². The number of H-pyrrole nitrogens is 1. The third kappa shape index (κ3) is 3.62. The summed E-state index contributed by atoms with van der Waals surface area (Å²) >= 11 is 0. The van der Waals surface area contributed by atoms with Crippen LogP contribution in [0.3, 0.4) is 0 Å². The largest absolute Gasteiger partial charge is 0.508 e. The van der Waals surface area contributed by atoms with E-state index < -0.39 is 0 Å². The Morgan fingerprint density at radius 3 is 2.91 bits per heavy atom. The zero-order valence-corrected chi connectivity index (χ0v) is 12.2. The molecule has 1 amide bonds. The average Bonchev–Trinajstić information content (AvgIpc) is 3.04. The number of aromatic nitrogens is 3. The quantitative estimate of drug-likeness (QED) is 0.780. The Kier molecular flexibility index (Phi) is 4.34. The molecular formula is C15H19N5O2. The number of benzene rings is 1. The number of hydrogen-bond acceptors (Lipinski definition) is 5. The van der Waals surface area contributed by atoms with Crippen LogP contribution in [0, 0.1) is 0 Å². The van der Waals surface area contributed by atoms with Crippen molar-refractivity contribution < 1.29 is 9.90 Å². The standard InChI is InChI=1S/C15H19N5O2/c21-13-3-1-2-11(8-13)9-20-6-4-12(5-7-20)18-15(22)14-16-10-17-19-14/h1-3,8,10,12,21H,4-7,9H2,(H,18,22)(H,16,17,19). The molecule has 1 aliphatic rings. The van der Waals surface area contributed by atoms with Gasteiger partial charge < -0.3 is 10.4 Å². The topological polar surface area (TPSA) is 94.1 Å². The van der Waals surface area contributed by atoms with E-state index >= 15 is 0 Å². The van der Waals surface area contributed by atoms with Gasteiger partial charge in [-0.3, -0.25) is 14.8 Å². The molecule has 1 aromatic heterocycles. The van der Waals surface area contributed by atoms with Gasteiger partial charge in [-0.1, -0.05) is 12.1 Å². The normalized spacial score (nSPS) is 16.5. The highest BCUT2D eigenvalue weighted by Crippen LogP contribution is 2.17. The zero-order chi connectivity index (χ0) is 15.4. The van der Waals surface area contributed by atoms with Gasteiger partial charge in [0.1, 0.15) is 12.1 Å². The first kappa shape index (κ1) is 14.5. The van der Waals surface area contributed by atoms with Crippen LogP contribution in [0.2, 0.25) is 0 Å². The van der Waals surface area contributed by atoms with Gasteiger partial charge in [-0.2, -0.15) is 5.10 Å². The summed E-state index contributed by atoms with van der Waals surface area (Å²) in [5.74, 6) is 0.345. The summed E-state index contributed by atoms with van der Waals surface area (Å²) in [5, 5.41) is 18.7. The molecule has 7 heteroatoms. The van der Waals surface area contributed by atoms with Crippen molar-refractivity contribution in [3.63, 3.8) is 0 Å². The number of aromatic amines is 1. The minimum atomic E-state index is -0.205. The number of piperidine rings is 1. The second-order valence-corrected chi connectivity index (χ2v) is 5.53. The van der Waals surface area contributed by atoms with E-state index in [1.54, 1.807) is 12.1 Å². The first-order valence-corrected chi connectivity index (χ1v) is 7.37. The maximum Gasteiger partial charge on any atom is 0.288 e. The summed E-state index contributed by atoms with van der Waals surface area (Å²) in [6.07, 6.45) is 3.13. The Balaban J connectivity index is 1.47. The molecule has 1 fully saturated rings. The molecule has 0 spiro atoms. The lowest BCUT2D eigenvalue weighted by Crippen LogP contribution is -2.44. The number of nitrogens with one attached hydrogen (secondary N) is 2. The van der Waals surface area contributed by atoms with Crippen molar-refractivity contribution in [2.24, 2.45) is 0 Å². The average molecular weight is 301 g/mol. The van der Waals surface area contributed by atoms with Gasteiger partial charge in [-0.05, 0) is 30.5 Å². The van der Waals surface area contributed by atoms with Crippen LogP contribution in [0.1, 0.15) is 29.0 Å². The van der Waals surface area contributed by atoms with E-state index in [1.165, 1.54) is 6.33 Å². The van der Waals surface area contributed by atoms with Gasteiger partial charge in [-0.25, -0.2) is 4.98 Å². The molecule has 3 rings (SSSR count). The Bertz CT molecular complexity index is 621. The Hall–Kier alpha value is -2.41. The predicted molar refractivity (Wildman–Crippen MR) is 80.3 cm³/mol. The highest BCUT2D eigenvalue weighted by molar-refractivity contribution is 5.90. The van der Waals surface area contributed by atoms with Gasteiger partial charge in [0.15, 0.2) is 0 Å². The van der Waals surface area contributed by atoms with Gasteiger partial charge in [0, 0.05) is 25.7 Å². The van der Waals surface area contributed by atoms with Gasteiger partial charge in [0.25, 0.3) is 5.91 Å². The highest BCUT2D eigenvalue weighted by Gasteiger charge is 2.22. The van der Waals surface area contributed by atoms with Crippen molar-refractivity contribution in [1.82, 2.24) is 25.4 Å². The van der Waals surface area contributed by atoms with E-state index in [0.717, 1.165) is 38.0 Å². The molecule has 1 aliphatic heterocycles. The Morgan fingerprint density at radius 2 is 2.23 bits per heavy atom. The molecule has 116 valence electrons. The first-order valence-electron chi connectivity index (χ1n) is 7.37. The monoisotopic (exact) mass is 301 g/mol. The van der Waals surface area contributed by atoms with Gasteiger partial charge in [0.05, 0.1) is 0 Å². The second kappa shape index (κ2) is 6.57. The fourth-order valence-electron chi connectivity index (χ4n) is 2.72. The van der Waals surface area contributed by atoms with E-state index in [-0.39, 0.29) is 17.8 Å². The summed E-state index contributed by atoms with van der Waals surface area (Å²) in [5.41, 5.74) is 1.10. The summed E-state index contributed by atoms with van der Waals surface area (Å²) in [6, 6.07) is 7.50. The Morgan fingerprint density at radius 1 is 1.41 bits per heavy atom. The van der Waals surface area contributed by atoms with Gasteiger partial charge >= 0.3 is 0 Å². The summed E-state index contributed by atoms with van der Waals surface area (Å²) in [6.45, 7) is 2.64. The molecule has 0 saturated carbocycles. The van der Waals surface area contributed by atoms with Crippen LogP contribution in [-0.2, 0) is 6.54 Å². The van der Waals surface area contributed by atoms with E-state index in [2.05, 4.69) is 25.4 Å². The highest BCUT2D eigenvalue weighted by atomic mass is 16.3. The number of aromatic hydroxyl groups is 1. The SMILES string of the molecule is O=C(NC1CCN(Cc2cccc(O)c2)CC1)c1ncn[nH]1. The van der Waals surface area contributed by atoms with Crippen molar-refractivity contribution >= 4 is 5.91 Å². The fourth-order valence-corrected chi connectivity index (χ4v) is 2.72. The van der Waals surface area contributed by atoms with Crippen LogP contribution in [0.15, 0.2) is 30.6 Å². The van der Waals surface area contributed by atoms with Crippen molar-refractivity contribution in [2.75, 3.05) is 13.1 Å². The van der Waals surface area contributed by atoms with E-state index in [4.69, 9.17) is 0 Å². The molecule has 0 radical (unpaired) electrons. The number of likely N-dealkylation sites (tertiary alicyclic amines) is 1. The van der Waals surface area contributed by atoms with Crippen molar-refractivity contribution in [3.8, 4) is 5.75 Å². The van der Waals surface area contributed by atoms with E-state index in [9.17, 15) is 9.90 Å². The lowest BCUT2D eigenvalue weighted by Gasteiger charge is -2.32. The number of amides is 1. The number of carbonyl (C=O) groups excluding carboxylic acids is 1. The molecule has 7 nitrogen and oxygen atoms in total. The van der Waals surface area contributed by atoms with Gasteiger partial charge in [0.2, 0.25) is 5.82 Å². The lowest BCUT2D eigenvalue weighted by atomic mass is 10.0. The molecule has 0 unspecified atom stereocenters. The number of rotatable bonds is 4. The second-order valence-electron chi connectivity index (χ2n) is 5.53. The zero-order valence-electron chi connectivity index (χ0n) is 12.2. The molecule has 0 bridgehead atoms. The van der Waals surface area contributed by atoms with E-state index in [0.29, 0.717) is 5.75 Å². The molecule has 1 aromatic carbocycles. The lowest BCUT2D eigenvalue weighted by molar-refractivity contribution is 0.0899. The minimum Gasteiger partial charge on any atom is -0.508 e. The molecule has 0 aliphatic carbocycles. The minimum absolute atomic E-state index is 0.165. The number of hydrogen-bond donors (Lipinski definition) is 3. The number of carbonyl (C=O) groups is 1.